The Labute approximate surface area is 213 Å². The third kappa shape index (κ3) is 6.03. The van der Waals surface area contributed by atoms with E-state index in [4.69, 9.17) is 0 Å². The molecule has 13 heteroatoms. The van der Waals surface area contributed by atoms with Crippen LogP contribution in [0.1, 0.15) is 30.5 Å². The van der Waals surface area contributed by atoms with Gasteiger partial charge in [0.15, 0.2) is 22.6 Å². The zero-order chi connectivity index (χ0) is 26.4. The van der Waals surface area contributed by atoms with E-state index in [2.05, 4.69) is 25.5 Å². The molecule has 7 nitrogen and oxygen atoms in total. The fourth-order valence-electron chi connectivity index (χ4n) is 4.25. The maximum absolute atomic E-state index is 15.4. The number of halogens is 5. The highest BCUT2D eigenvalue weighted by molar-refractivity contribution is 7.99. The van der Waals surface area contributed by atoms with Crippen LogP contribution in [0.3, 0.4) is 0 Å². The van der Waals surface area contributed by atoms with Crippen LogP contribution in [0.2, 0.25) is 0 Å². The summed E-state index contributed by atoms with van der Waals surface area (Å²) in [6, 6.07) is 8.03. The average Bonchev–Trinajstić information content (AvgIpc) is 3.56. The number of nitrogens with one attached hydrogen (secondary N) is 2. The topological polar surface area (TPSA) is 86.8 Å². The van der Waals surface area contributed by atoms with E-state index in [0.29, 0.717) is 16.3 Å². The van der Waals surface area contributed by atoms with Crippen LogP contribution in [0, 0.1) is 18.7 Å². The van der Waals surface area contributed by atoms with Gasteiger partial charge in [-0.1, -0.05) is 12.1 Å². The normalized spacial score (nSPS) is 17.0. The summed E-state index contributed by atoms with van der Waals surface area (Å²) in [7, 11) is 0. The average molecular weight is 539 g/mol. The van der Waals surface area contributed by atoms with E-state index in [1.54, 1.807) is 42.2 Å². The molecule has 2 fully saturated rings. The minimum absolute atomic E-state index is 0.00801. The molecule has 0 atom stereocenters. The van der Waals surface area contributed by atoms with Crippen LogP contribution in [0.4, 0.5) is 39.4 Å². The third-order valence-electron chi connectivity index (χ3n) is 6.21. The van der Waals surface area contributed by atoms with Gasteiger partial charge in [-0.15, -0.1) is 0 Å². The Balaban J connectivity index is 1.35. The maximum atomic E-state index is 15.4. The van der Waals surface area contributed by atoms with Crippen LogP contribution in [0.15, 0.2) is 40.4 Å². The fraction of sp³-hybridized carbons (Fsp3) is 0.417. The van der Waals surface area contributed by atoms with Crippen molar-refractivity contribution in [2.24, 2.45) is 5.92 Å². The molecule has 3 aromatic rings. The van der Waals surface area contributed by atoms with Crippen molar-refractivity contribution in [1.29, 1.82) is 0 Å². The second-order valence-electron chi connectivity index (χ2n) is 9.47. The van der Waals surface area contributed by atoms with Crippen LogP contribution in [0.5, 0.6) is 0 Å². The number of hydrogen-bond donors (Lipinski definition) is 2. The zero-order valence-electron chi connectivity index (χ0n) is 19.7. The number of carbonyl (C=O) groups excluding carboxylic acids is 1. The number of Topliss-reactive ketones (excluding diaryl/α,β-unsaturated/α-hetero) is 1. The highest BCUT2D eigenvalue weighted by Gasteiger charge is 2.55. The number of benzene rings is 1. The maximum Gasteiger partial charge on any atom is 0.395 e. The van der Waals surface area contributed by atoms with Crippen molar-refractivity contribution in [3.8, 4) is 0 Å². The third-order valence-corrected chi connectivity index (χ3v) is 7.09. The predicted octanol–water partition coefficient (Wildman–Crippen LogP) is 5.54. The van der Waals surface area contributed by atoms with Gasteiger partial charge in [-0.05, 0) is 55.1 Å². The first kappa shape index (κ1) is 25.4. The summed E-state index contributed by atoms with van der Waals surface area (Å²) in [4.78, 5) is 22.4. The Kier molecular flexibility index (Phi) is 6.59. The Morgan fingerprint density at radius 2 is 1.92 bits per heavy atom. The number of aromatic amines is 1. The van der Waals surface area contributed by atoms with Crippen molar-refractivity contribution in [2.75, 3.05) is 23.3 Å². The van der Waals surface area contributed by atoms with Gasteiger partial charge in [0.05, 0.1) is 13.1 Å². The number of aryl methyl sites for hydroxylation is 1. The summed E-state index contributed by atoms with van der Waals surface area (Å²) in [6.45, 7) is 1.90. The molecule has 0 bridgehead atoms. The highest BCUT2D eigenvalue weighted by Crippen LogP contribution is 2.48. The lowest BCUT2D eigenvalue weighted by atomic mass is 9.91. The van der Waals surface area contributed by atoms with Gasteiger partial charge < -0.3 is 10.2 Å². The second kappa shape index (κ2) is 9.58. The van der Waals surface area contributed by atoms with E-state index in [-0.39, 0.29) is 42.2 Å². The minimum atomic E-state index is -4.54. The minimum Gasteiger partial charge on any atom is -0.347 e. The van der Waals surface area contributed by atoms with Gasteiger partial charge >= 0.3 is 6.18 Å². The molecule has 0 amide bonds. The number of alkyl halides is 4. The summed E-state index contributed by atoms with van der Waals surface area (Å²) in [5, 5.41) is 9.82. The van der Waals surface area contributed by atoms with Gasteiger partial charge in [0.25, 0.3) is 0 Å². The van der Waals surface area contributed by atoms with E-state index in [0.717, 1.165) is 30.3 Å². The molecule has 5 rings (SSSR count). The van der Waals surface area contributed by atoms with Gasteiger partial charge in [-0.25, -0.2) is 14.4 Å². The summed E-state index contributed by atoms with van der Waals surface area (Å²) in [6.07, 6.45) is -4.68. The number of carbonyl (C=O) groups is 1. The molecule has 0 unspecified atom stereocenters. The van der Waals surface area contributed by atoms with Crippen LogP contribution in [-0.4, -0.2) is 50.9 Å². The SMILES string of the molecule is Cc1cc(Nc2nc(Sc3ccc(CC(=O)CC(F)(F)F)cc3)nc(N3CC(F)(C4CC4)C3)c2F)n[nH]1. The number of rotatable bonds is 9. The quantitative estimate of drug-likeness (QED) is 0.273. The first-order chi connectivity index (χ1) is 17.5. The molecule has 2 aromatic heterocycles. The van der Waals surface area contributed by atoms with Crippen LogP contribution in [-0.2, 0) is 11.2 Å². The van der Waals surface area contributed by atoms with Crippen molar-refractivity contribution < 1.29 is 26.7 Å². The number of ketones is 1. The lowest BCUT2D eigenvalue weighted by Gasteiger charge is -2.45. The monoisotopic (exact) mass is 538 g/mol. The van der Waals surface area contributed by atoms with Crippen molar-refractivity contribution >= 4 is 35.0 Å². The Bertz CT molecular complexity index is 1300. The van der Waals surface area contributed by atoms with Crippen molar-refractivity contribution in [3.05, 3.63) is 47.4 Å². The molecule has 1 saturated carbocycles. The van der Waals surface area contributed by atoms with E-state index < -0.39 is 29.9 Å². The van der Waals surface area contributed by atoms with Crippen LogP contribution < -0.4 is 10.2 Å². The van der Waals surface area contributed by atoms with Crippen molar-refractivity contribution in [2.45, 2.75) is 54.5 Å². The molecule has 2 N–H and O–H groups in total. The van der Waals surface area contributed by atoms with E-state index in [1.165, 1.54) is 0 Å². The molecule has 1 saturated heterocycles. The number of nitrogens with zero attached hydrogens (tertiary/aromatic N) is 4. The molecule has 0 radical (unpaired) electrons. The standard InChI is InChI=1S/C24H23F5N6OS/c1-13-8-18(34-33-13)30-20-19(25)21(35-11-23(26,12-35)15-4-5-15)32-22(31-20)37-17-6-2-14(3-7-17)9-16(36)10-24(27,28)29/h2-3,6-8,15H,4-5,9-12H2,1H3,(H2,30,31,32,33,34). The van der Waals surface area contributed by atoms with Gasteiger partial charge in [0, 0.05) is 23.1 Å². The molecule has 3 heterocycles. The smallest absolute Gasteiger partial charge is 0.347 e. The highest BCUT2D eigenvalue weighted by atomic mass is 32.2. The molecular formula is C24H23F5N6OS. The van der Waals surface area contributed by atoms with Gasteiger partial charge in [-0.2, -0.15) is 22.7 Å². The number of aromatic nitrogens is 4. The molecule has 2 aliphatic rings. The van der Waals surface area contributed by atoms with E-state index in [9.17, 15) is 22.4 Å². The lowest BCUT2D eigenvalue weighted by Crippen LogP contribution is -2.61. The van der Waals surface area contributed by atoms with Crippen LogP contribution in [0.25, 0.3) is 0 Å². The molecule has 1 aliphatic carbocycles. The predicted molar refractivity (Wildman–Crippen MR) is 127 cm³/mol. The molecule has 196 valence electrons. The van der Waals surface area contributed by atoms with E-state index in [1.807, 2.05) is 0 Å². The molecular weight excluding hydrogens is 515 g/mol. The summed E-state index contributed by atoms with van der Waals surface area (Å²) in [5.74, 6) is -1.42. The fourth-order valence-corrected chi connectivity index (χ4v) is 5.00. The van der Waals surface area contributed by atoms with Gasteiger partial charge in [-0.3, -0.25) is 9.89 Å². The first-order valence-corrected chi connectivity index (χ1v) is 12.4. The van der Waals surface area contributed by atoms with Crippen molar-refractivity contribution in [3.63, 3.8) is 0 Å². The Hall–Kier alpha value is -3.22. The Morgan fingerprint density at radius 1 is 1.22 bits per heavy atom. The zero-order valence-corrected chi connectivity index (χ0v) is 20.5. The van der Waals surface area contributed by atoms with Gasteiger partial charge in [0.2, 0.25) is 5.82 Å². The van der Waals surface area contributed by atoms with Crippen LogP contribution >= 0.6 is 11.8 Å². The van der Waals surface area contributed by atoms with Crippen molar-refractivity contribution in [1.82, 2.24) is 20.2 Å². The summed E-state index contributed by atoms with van der Waals surface area (Å²) < 4.78 is 67.6. The Morgan fingerprint density at radius 3 is 2.51 bits per heavy atom. The largest absolute Gasteiger partial charge is 0.395 e. The number of hydrogen-bond acceptors (Lipinski definition) is 7. The molecule has 1 aromatic carbocycles. The summed E-state index contributed by atoms with van der Waals surface area (Å²) in [5.41, 5.74) is -0.137. The number of H-pyrrole nitrogens is 1. The second-order valence-corrected chi connectivity index (χ2v) is 10.5. The van der Waals surface area contributed by atoms with E-state index >= 15 is 4.39 Å². The molecule has 37 heavy (non-hydrogen) atoms. The molecule has 0 spiro atoms. The van der Waals surface area contributed by atoms with Gasteiger partial charge in [0.1, 0.15) is 17.9 Å². The summed E-state index contributed by atoms with van der Waals surface area (Å²) >= 11 is 1.11. The lowest BCUT2D eigenvalue weighted by molar-refractivity contribution is -0.151. The number of anilines is 3. The first-order valence-electron chi connectivity index (χ1n) is 11.6. The molecule has 1 aliphatic heterocycles.